The first-order chi connectivity index (χ1) is 24.8. The van der Waals surface area contributed by atoms with Crippen molar-refractivity contribution >= 4 is 93.5 Å². The standard InChI is InChI=1S/C46H28N2O2/c1-2-12-29(13-3-1)47-38-18-7-4-14-31(38)32-25-24-30(28-41(32)47)48(40-20-11-23-44-45(40)37-16-6-9-22-43(37)49-44)39-19-10-17-35-33(39)26-27-36-34-15-5-8-21-42(34)50-46(35)36/h1-28H. The van der Waals surface area contributed by atoms with E-state index in [-0.39, 0.29) is 0 Å². The van der Waals surface area contributed by atoms with Crippen LogP contribution < -0.4 is 4.90 Å². The fourth-order valence-electron chi connectivity index (χ4n) is 8.02. The van der Waals surface area contributed by atoms with Gasteiger partial charge in [-0.2, -0.15) is 0 Å². The van der Waals surface area contributed by atoms with Gasteiger partial charge < -0.3 is 18.3 Å². The van der Waals surface area contributed by atoms with Gasteiger partial charge in [-0.3, -0.25) is 0 Å². The van der Waals surface area contributed by atoms with Crippen molar-refractivity contribution in [1.82, 2.24) is 4.57 Å². The molecule has 0 atom stereocenters. The van der Waals surface area contributed by atoms with Gasteiger partial charge in [0.05, 0.1) is 27.8 Å². The number of hydrogen-bond donors (Lipinski definition) is 0. The highest BCUT2D eigenvalue weighted by molar-refractivity contribution is 6.20. The van der Waals surface area contributed by atoms with Crippen molar-refractivity contribution in [3.05, 3.63) is 170 Å². The second kappa shape index (κ2) is 10.4. The summed E-state index contributed by atoms with van der Waals surface area (Å²) < 4.78 is 15.4. The fraction of sp³-hybridized carbons (Fsp3) is 0. The van der Waals surface area contributed by atoms with Crippen molar-refractivity contribution in [2.24, 2.45) is 0 Å². The summed E-state index contributed by atoms with van der Waals surface area (Å²) in [7, 11) is 0. The first-order valence-electron chi connectivity index (χ1n) is 16.9. The Labute approximate surface area is 286 Å². The number of anilines is 3. The molecular weight excluding hydrogens is 613 g/mol. The van der Waals surface area contributed by atoms with Crippen molar-refractivity contribution in [1.29, 1.82) is 0 Å². The molecule has 0 aliphatic rings. The van der Waals surface area contributed by atoms with Gasteiger partial charge in [-0.05, 0) is 66.7 Å². The van der Waals surface area contributed by atoms with Crippen LogP contribution >= 0.6 is 0 Å². The minimum Gasteiger partial charge on any atom is -0.456 e. The molecule has 11 rings (SSSR count). The molecule has 50 heavy (non-hydrogen) atoms. The van der Waals surface area contributed by atoms with E-state index >= 15 is 0 Å². The maximum Gasteiger partial charge on any atom is 0.143 e. The minimum absolute atomic E-state index is 0.855. The number of furan rings is 2. The predicted octanol–water partition coefficient (Wildman–Crippen LogP) is 13.2. The van der Waals surface area contributed by atoms with Crippen LogP contribution in [0, 0.1) is 0 Å². The highest BCUT2D eigenvalue weighted by atomic mass is 16.3. The highest BCUT2D eigenvalue weighted by Crippen LogP contribution is 2.47. The summed E-state index contributed by atoms with van der Waals surface area (Å²) in [6, 6.07) is 60.1. The lowest BCUT2D eigenvalue weighted by Gasteiger charge is -2.28. The zero-order chi connectivity index (χ0) is 32.8. The molecule has 0 aliphatic heterocycles. The van der Waals surface area contributed by atoms with Gasteiger partial charge in [0, 0.05) is 49.1 Å². The number of aromatic nitrogens is 1. The summed E-state index contributed by atoms with van der Waals surface area (Å²) in [5, 5.41) is 9.02. The third-order valence-electron chi connectivity index (χ3n) is 10.2. The highest BCUT2D eigenvalue weighted by Gasteiger charge is 2.23. The zero-order valence-electron chi connectivity index (χ0n) is 26.9. The normalized spacial score (nSPS) is 12.0. The average Bonchev–Trinajstić information content (AvgIpc) is 3.85. The third-order valence-corrected chi connectivity index (χ3v) is 10.2. The Morgan fingerprint density at radius 2 is 0.980 bits per heavy atom. The lowest BCUT2D eigenvalue weighted by molar-refractivity contribution is 0.669. The Balaban J connectivity index is 1.25. The van der Waals surface area contributed by atoms with Crippen LogP contribution in [0.25, 0.3) is 82.1 Å². The zero-order valence-corrected chi connectivity index (χ0v) is 26.9. The molecule has 234 valence electrons. The molecule has 4 nitrogen and oxygen atoms in total. The molecule has 0 saturated heterocycles. The Morgan fingerprint density at radius 3 is 1.86 bits per heavy atom. The summed E-state index contributed by atoms with van der Waals surface area (Å²) in [4.78, 5) is 2.40. The average molecular weight is 641 g/mol. The van der Waals surface area contributed by atoms with E-state index in [1.54, 1.807) is 0 Å². The SMILES string of the molecule is c1ccc(-n2c3ccccc3c3ccc(N(c4cccc5c4ccc4c6ccccc6oc54)c4cccc5oc6ccccc6c45)cc32)cc1. The number of rotatable bonds is 4. The molecule has 3 aromatic heterocycles. The molecule has 0 aliphatic carbocycles. The maximum absolute atomic E-state index is 6.55. The smallest absolute Gasteiger partial charge is 0.143 e. The van der Waals surface area contributed by atoms with Crippen LogP contribution in [0.1, 0.15) is 0 Å². The lowest BCUT2D eigenvalue weighted by Crippen LogP contribution is -2.11. The summed E-state index contributed by atoms with van der Waals surface area (Å²) in [5.41, 5.74) is 10.1. The van der Waals surface area contributed by atoms with E-state index in [9.17, 15) is 0 Å². The molecular formula is C46H28N2O2. The van der Waals surface area contributed by atoms with E-state index in [0.29, 0.717) is 0 Å². The van der Waals surface area contributed by atoms with Crippen molar-refractivity contribution in [3.63, 3.8) is 0 Å². The Hall–Kier alpha value is -6.78. The van der Waals surface area contributed by atoms with Crippen LogP contribution in [0.2, 0.25) is 0 Å². The number of hydrogen-bond acceptors (Lipinski definition) is 3. The summed E-state index contributed by atoms with van der Waals surface area (Å²) >= 11 is 0. The minimum atomic E-state index is 0.855. The van der Waals surface area contributed by atoms with Crippen LogP contribution in [-0.2, 0) is 0 Å². The molecule has 0 bridgehead atoms. The topological polar surface area (TPSA) is 34.5 Å². The van der Waals surface area contributed by atoms with E-state index in [2.05, 4.69) is 155 Å². The first kappa shape index (κ1) is 27.2. The van der Waals surface area contributed by atoms with Crippen LogP contribution in [-0.4, -0.2) is 4.57 Å². The Kier molecular flexibility index (Phi) is 5.63. The van der Waals surface area contributed by atoms with Crippen molar-refractivity contribution in [2.75, 3.05) is 4.90 Å². The summed E-state index contributed by atoms with van der Waals surface area (Å²) in [5.74, 6) is 0. The Morgan fingerprint density at radius 1 is 0.380 bits per heavy atom. The molecule has 0 unspecified atom stereocenters. The van der Waals surface area contributed by atoms with Gasteiger partial charge in [0.1, 0.15) is 22.3 Å². The van der Waals surface area contributed by atoms with Crippen LogP contribution in [0.3, 0.4) is 0 Å². The molecule has 4 heteroatoms. The number of fused-ring (bicyclic) bond motifs is 11. The number of para-hydroxylation sites is 4. The Bertz CT molecular complexity index is 3110. The number of benzene rings is 8. The van der Waals surface area contributed by atoms with E-state index in [1.807, 2.05) is 24.3 Å². The van der Waals surface area contributed by atoms with Gasteiger partial charge in [0.25, 0.3) is 0 Å². The molecule has 0 spiro atoms. The van der Waals surface area contributed by atoms with E-state index in [1.165, 1.54) is 16.3 Å². The summed E-state index contributed by atoms with van der Waals surface area (Å²) in [6.07, 6.45) is 0. The molecule has 0 fully saturated rings. The van der Waals surface area contributed by atoms with Gasteiger partial charge in [0.2, 0.25) is 0 Å². The first-order valence-corrected chi connectivity index (χ1v) is 16.9. The van der Waals surface area contributed by atoms with Crippen molar-refractivity contribution < 1.29 is 8.83 Å². The maximum atomic E-state index is 6.55. The fourth-order valence-corrected chi connectivity index (χ4v) is 8.02. The molecule has 0 amide bonds. The van der Waals surface area contributed by atoms with Gasteiger partial charge in [0.15, 0.2) is 0 Å². The quantitative estimate of drug-likeness (QED) is 0.192. The molecule has 11 aromatic rings. The van der Waals surface area contributed by atoms with Gasteiger partial charge >= 0.3 is 0 Å². The third kappa shape index (κ3) is 3.81. The van der Waals surface area contributed by atoms with E-state index in [0.717, 1.165) is 82.9 Å². The van der Waals surface area contributed by atoms with E-state index < -0.39 is 0 Å². The van der Waals surface area contributed by atoms with Crippen LogP contribution in [0.5, 0.6) is 0 Å². The van der Waals surface area contributed by atoms with Crippen molar-refractivity contribution in [3.8, 4) is 5.69 Å². The lowest BCUT2D eigenvalue weighted by atomic mass is 10.0. The summed E-state index contributed by atoms with van der Waals surface area (Å²) in [6.45, 7) is 0. The second-order valence-corrected chi connectivity index (χ2v) is 12.9. The van der Waals surface area contributed by atoms with Crippen molar-refractivity contribution in [2.45, 2.75) is 0 Å². The largest absolute Gasteiger partial charge is 0.456 e. The molecule has 0 saturated carbocycles. The molecule has 0 N–H and O–H groups in total. The van der Waals surface area contributed by atoms with Gasteiger partial charge in [-0.15, -0.1) is 0 Å². The van der Waals surface area contributed by atoms with Crippen LogP contribution in [0.4, 0.5) is 17.1 Å². The number of nitrogens with zero attached hydrogens (tertiary/aromatic N) is 2. The second-order valence-electron chi connectivity index (χ2n) is 12.9. The predicted molar refractivity (Wildman–Crippen MR) is 208 cm³/mol. The van der Waals surface area contributed by atoms with Crippen LogP contribution in [0.15, 0.2) is 179 Å². The molecule has 0 radical (unpaired) electrons. The van der Waals surface area contributed by atoms with Gasteiger partial charge in [-0.25, -0.2) is 0 Å². The monoisotopic (exact) mass is 640 g/mol. The molecule has 3 heterocycles. The van der Waals surface area contributed by atoms with Gasteiger partial charge in [-0.1, -0.05) is 103 Å². The molecule has 8 aromatic carbocycles. The van der Waals surface area contributed by atoms with E-state index in [4.69, 9.17) is 8.83 Å².